The molecule has 0 saturated heterocycles. The topological polar surface area (TPSA) is 84.0 Å². The van der Waals surface area contributed by atoms with Crippen molar-refractivity contribution in [2.45, 2.75) is 24.0 Å². The summed E-state index contributed by atoms with van der Waals surface area (Å²) in [7, 11) is -3.23. The molecular formula is C10H14N2O2S. The zero-order valence-corrected chi connectivity index (χ0v) is 9.51. The van der Waals surface area contributed by atoms with Gasteiger partial charge < -0.3 is 5.73 Å². The Hall–Kier alpha value is -1.36. The molecule has 0 aromatic heterocycles. The van der Waals surface area contributed by atoms with Gasteiger partial charge in [0.15, 0.2) is 9.84 Å². The second kappa shape index (κ2) is 4.02. The van der Waals surface area contributed by atoms with Crippen LogP contribution in [0, 0.1) is 5.41 Å². The molecule has 1 aromatic rings. The molecule has 3 N–H and O–H groups in total. The van der Waals surface area contributed by atoms with Crippen LogP contribution < -0.4 is 5.73 Å². The van der Waals surface area contributed by atoms with Crippen molar-refractivity contribution in [3.8, 4) is 0 Å². The number of hydrogen-bond acceptors (Lipinski definition) is 3. The number of amidine groups is 1. The minimum Gasteiger partial charge on any atom is -0.384 e. The van der Waals surface area contributed by atoms with Gasteiger partial charge in [-0.05, 0) is 26.0 Å². The predicted molar refractivity (Wildman–Crippen MR) is 59.8 cm³/mol. The van der Waals surface area contributed by atoms with Crippen molar-refractivity contribution in [2.75, 3.05) is 0 Å². The molecule has 0 heterocycles. The molecule has 82 valence electrons. The molecule has 1 aromatic carbocycles. The van der Waals surface area contributed by atoms with Crippen LogP contribution in [-0.4, -0.2) is 19.5 Å². The van der Waals surface area contributed by atoms with Crippen LogP contribution in [0.5, 0.6) is 0 Å². The molecule has 0 saturated carbocycles. The smallest absolute Gasteiger partial charge is 0.180 e. The molecule has 0 aliphatic heterocycles. The predicted octanol–water partition coefficient (Wildman–Crippen LogP) is 1.15. The largest absolute Gasteiger partial charge is 0.384 e. The lowest BCUT2D eigenvalue weighted by atomic mass is 10.2. The second-order valence-electron chi connectivity index (χ2n) is 3.53. The summed E-state index contributed by atoms with van der Waals surface area (Å²) in [5, 5.41) is 6.73. The number of nitrogen functional groups attached to an aromatic ring is 1. The number of nitrogens with two attached hydrogens (primary N) is 1. The SMILES string of the molecule is CC(C)S(=O)(=O)c1ccc(C(=N)N)cc1. The van der Waals surface area contributed by atoms with Gasteiger partial charge in [-0.25, -0.2) is 8.42 Å². The molecular weight excluding hydrogens is 212 g/mol. The number of sulfone groups is 1. The molecule has 0 atom stereocenters. The van der Waals surface area contributed by atoms with Crippen LogP contribution in [0.2, 0.25) is 0 Å². The summed E-state index contributed by atoms with van der Waals surface area (Å²) in [6.45, 7) is 3.27. The average molecular weight is 226 g/mol. The summed E-state index contributed by atoms with van der Waals surface area (Å²) >= 11 is 0. The Morgan fingerprint density at radius 2 is 1.73 bits per heavy atom. The van der Waals surface area contributed by atoms with E-state index < -0.39 is 15.1 Å². The molecule has 0 radical (unpaired) electrons. The van der Waals surface area contributed by atoms with E-state index in [1.165, 1.54) is 24.3 Å². The first kappa shape index (κ1) is 11.7. The monoisotopic (exact) mass is 226 g/mol. The molecule has 4 nitrogen and oxygen atoms in total. The fraction of sp³-hybridized carbons (Fsp3) is 0.300. The number of rotatable bonds is 3. The third-order valence-corrected chi connectivity index (χ3v) is 4.28. The first-order chi connectivity index (χ1) is 6.85. The summed E-state index contributed by atoms with van der Waals surface area (Å²) in [6.07, 6.45) is 0. The lowest BCUT2D eigenvalue weighted by molar-refractivity contribution is 0.587. The van der Waals surface area contributed by atoms with Crippen LogP contribution in [0.4, 0.5) is 0 Å². The van der Waals surface area contributed by atoms with Crippen LogP contribution in [0.1, 0.15) is 19.4 Å². The van der Waals surface area contributed by atoms with Gasteiger partial charge in [-0.2, -0.15) is 0 Å². The lowest BCUT2D eigenvalue weighted by Crippen LogP contribution is -2.15. The molecule has 0 unspecified atom stereocenters. The fourth-order valence-electron chi connectivity index (χ4n) is 1.10. The van der Waals surface area contributed by atoms with E-state index in [1.807, 2.05) is 0 Å². The average Bonchev–Trinajstić information content (AvgIpc) is 2.17. The summed E-state index contributed by atoms with van der Waals surface area (Å²) in [5.41, 5.74) is 5.79. The fourth-order valence-corrected chi connectivity index (χ4v) is 2.16. The van der Waals surface area contributed by atoms with Crippen LogP contribution in [0.3, 0.4) is 0 Å². The molecule has 1 rings (SSSR count). The Balaban J connectivity index is 3.15. The molecule has 0 bridgehead atoms. The van der Waals surface area contributed by atoms with Gasteiger partial charge in [-0.3, -0.25) is 5.41 Å². The third-order valence-electron chi connectivity index (χ3n) is 2.11. The van der Waals surface area contributed by atoms with E-state index >= 15 is 0 Å². The normalized spacial score (nSPS) is 11.7. The maximum atomic E-state index is 11.7. The maximum Gasteiger partial charge on any atom is 0.180 e. The van der Waals surface area contributed by atoms with Crippen LogP contribution in [0.15, 0.2) is 29.2 Å². The molecule has 0 fully saturated rings. The molecule has 0 aliphatic rings. The quantitative estimate of drug-likeness (QED) is 0.599. The Kier molecular flexibility index (Phi) is 3.14. The molecule has 0 aliphatic carbocycles. The van der Waals surface area contributed by atoms with Crippen LogP contribution in [0.25, 0.3) is 0 Å². The van der Waals surface area contributed by atoms with Crippen molar-refractivity contribution in [3.63, 3.8) is 0 Å². The van der Waals surface area contributed by atoms with Crippen LogP contribution >= 0.6 is 0 Å². The third kappa shape index (κ3) is 2.36. The van der Waals surface area contributed by atoms with Gasteiger partial charge in [0.1, 0.15) is 5.84 Å². The van der Waals surface area contributed by atoms with Crippen molar-refractivity contribution in [2.24, 2.45) is 5.73 Å². The van der Waals surface area contributed by atoms with Crippen molar-refractivity contribution < 1.29 is 8.42 Å². The molecule has 0 amide bonds. The Bertz CT molecular complexity index is 461. The van der Waals surface area contributed by atoms with Crippen molar-refractivity contribution >= 4 is 15.7 Å². The number of benzene rings is 1. The summed E-state index contributed by atoms with van der Waals surface area (Å²) < 4.78 is 23.5. The standard InChI is InChI=1S/C10H14N2O2S/c1-7(2)15(13,14)9-5-3-8(4-6-9)10(11)12/h3-7H,1-2H3,(H3,11,12). The van der Waals surface area contributed by atoms with Crippen molar-refractivity contribution in [1.82, 2.24) is 0 Å². The van der Waals surface area contributed by atoms with E-state index in [2.05, 4.69) is 0 Å². The Morgan fingerprint density at radius 1 is 1.27 bits per heavy atom. The summed E-state index contributed by atoms with van der Waals surface area (Å²) in [4.78, 5) is 0.266. The number of nitrogens with one attached hydrogen (secondary N) is 1. The van der Waals surface area contributed by atoms with E-state index in [-0.39, 0.29) is 10.7 Å². The minimum atomic E-state index is -3.23. The highest BCUT2D eigenvalue weighted by Gasteiger charge is 2.18. The first-order valence-corrected chi connectivity index (χ1v) is 6.08. The van der Waals surface area contributed by atoms with Gasteiger partial charge >= 0.3 is 0 Å². The minimum absolute atomic E-state index is 0.0662. The molecule has 15 heavy (non-hydrogen) atoms. The highest BCUT2D eigenvalue weighted by molar-refractivity contribution is 7.92. The Morgan fingerprint density at radius 3 is 2.07 bits per heavy atom. The summed E-state index contributed by atoms with van der Waals surface area (Å²) in [6, 6.07) is 6.04. The van der Waals surface area contributed by atoms with Gasteiger partial charge in [-0.1, -0.05) is 12.1 Å². The van der Waals surface area contributed by atoms with E-state index in [9.17, 15) is 8.42 Å². The zero-order chi connectivity index (χ0) is 11.6. The van der Waals surface area contributed by atoms with Crippen LogP contribution in [-0.2, 0) is 9.84 Å². The van der Waals surface area contributed by atoms with Gasteiger partial charge in [0.2, 0.25) is 0 Å². The van der Waals surface area contributed by atoms with Crippen molar-refractivity contribution in [1.29, 1.82) is 5.41 Å². The Labute approximate surface area is 89.5 Å². The van der Waals surface area contributed by atoms with E-state index in [0.29, 0.717) is 5.56 Å². The zero-order valence-electron chi connectivity index (χ0n) is 8.69. The highest BCUT2D eigenvalue weighted by Crippen LogP contribution is 2.16. The summed E-state index contributed by atoms with van der Waals surface area (Å²) in [5.74, 6) is -0.0662. The van der Waals surface area contributed by atoms with Gasteiger partial charge in [0, 0.05) is 5.56 Å². The van der Waals surface area contributed by atoms with E-state index in [4.69, 9.17) is 11.1 Å². The molecule has 5 heteroatoms. The van der Waals surface area contributed by atoms with E-state index in [0.717, 1.165) is 0 Å². The van der Waals surface area contributed by atoms with Gasteiger partial charge in [0.05, 0.1) is 10.1 Å². The number of hydrogen-bond donors (Lipinski definition) is 2. The second-order valence-corrected chi connectivity index (χ2v) is 6.04. The maximum absolute atomic E-state index is 11.7. The van der Waals surface area contributed by atoms with Crippen molar-refractivity contribution in [3.05, 3.63) is 29.8 Å². The van der Waals surface area contributed by atoms with Gasteiger partial charge in [0.25, 0.3) is 0 Å². The van der Waals surface area contributed by atoms with Gasteiger partial charge in [-0.15, -0.1) is 0 Å². The first-order valence-electron chi connectivity index (χ1n) is 4.54. The highest BCUT2D eigenvalue weighted by atomic mass is 32.2. The molecule has 0 spiro atoms. The lowest BCUT2D eigenvalue weighted by Gasteiger charge is -2.07. The van der Waals surface area contributed by atoms with E-state index in [1.54, 1.807) is 13.8 Å².